The first-order valence-electron chi connectivity index (χ1n) is 20.5. The van der Waals surface area contributed by atoms with Gasteiger partial charge in [-0.1, -0.05) is 48.3 Å². The summed E-state index contributed by atoms with van der Waals surface area (Å²) in [7, 11) is 0. The van der Waals surface area contributed by atoms with E-state index in [4.69, 9.17) is 28.9 Å². The van der Waals surface area contributed by atoms with Gasteiger partial charge in [0.1, 0.15) is 35.7 Å². The molecule has 6 unspecified atom stereocenters. The van der Waals surface area contributed by atoms with E-state index in [9.17, 15) is 29.5 Å². The molecule has 0 bridgehead atoms. The van der Waals surface area contributed by atoms with E-state index in [0.29, 0.717) is 48.0 Å². The van der Waals surface area contributed by atoms with Crippen molar-refractivity contribution in [3.05, 3.63) is 118 Å². The molecule has 6 atom stereocenters. The Morgan fingerprint density at radius 3 is 2.47 bits per heavy atom. The van der Waals surface area contributed by atoms with Gasteiger partial charge in [0.25, 0.3) is 5.69 Å². The zero-order valence-corrected chi connectivity index (χ0v) is 33.7. The highest BCUT2D eigenvalue weighted by Gasteiger charge is 2.65. The Morgan fingerprint density at radius 2 is 1.78 bits per heavy atom. The highest BCUT2D eigenvalue weighted by Crippen LogP contribution is 2.62. The van der Waals surface area contributed by atoms with Gasteiger partial charge in [-0.25, -0.2) is 9.18 Å². The second-order valence-electron chi connectivity index (χ2n) is 15.0. The fourth-order valence-electron chi connectivity index (χ4n) is 8.95. The summed E-state index contributed by atoms with van der Waals surface area (Å²) in [5, 5.41) is 36.0. The molecular weight excluding hydrogens is 762 g/mol. The number of aliphatic hydroxyl groups excluding tert-OH is 2. The molecule has 1 fully saturated rings. The van der Waals surface area contributed by atoms with E-state index in [0.717, 1.165) is 36.8 Å². The van der Waals surface area contributed by atoms with Crippen molar-refractivity contribution in [2.75, 3.05) is 33.0 Å². The van der Waals surface area contributed by atoms with Crippen molar-refractivity contribution in [1.29, 1.82) is 0 Å². The summed E-state index contributed by atoms with van der Waals surface area (Å²) in [6, 6.07) is 16.5. The van der Waals surface area contributed by atoms with Crippen molar-refractivity contribution in [3.63, 3.8) is 0 Å². The standard InChI is InChI=1S/C45H54FN3O10/c1-4-24-56-45-41(48(44(52)55-5-2)29-30-16-18-32(46)19-17-30)28-39(47-57-6-3)37-25-31(12-7-9-22-50)36(15-8-10-23-51)42(43(37)45)38-27-35(20-21-40(38)59-45)58-34-14-11-13-33(26-34)49(53)54/h4,11,13-14,16-21,25-27,31,36,41-43,50-51H,1,5-10,12,15,22-24,28-29H2,2-3H3. The summed E-state index contributed by atoms with van der Waals surface area (Å²) in [4.78, 5) is 32.7. The van der Waals surface area contributed by atoms with Crippen molar-refractivity contribution < 1.29 is 48.1 Å². The molecule has 3 aliphatic rings. The van der Waals surface area contributed by atoms with E-state index in [1.54, 1.807) is 54.3 Å². The number of fused-ring (bicyclic) bond motifs is 2. The summed E-state index contributed by atoms with van der Waals surface area (Å²) in [5.74, 6) is -1.67. The second kappa shape index (κ2) is 20.1. The number of nitrogens with zero attached hydrogens (tertiary/aromatic N) is 3. The van der Waals surface area contributed by atoms with Crippen LogP contribution in [0.5, 0.6) is 17.2 Å². The van der Waals surface area contributed by atoms with Crippen LogP contribution in [-0.4, -0.2) is 76.7 Å². The summed E-state index contributed by atoms with van der Waals surface area (Å²) in [6.07, 6.45) is 7.64. The number of nitro groups is 1. The van der Waals surface area contributed by atoms with Crippen LogP contribution in [0.3, 0.4) is 0 Å². The van der Waals surface area contributed by atoms with Gasteiger partial charge in [-0.3, -0.25) is 15.0 Å². The Bertz CT molecular complexity index is 1990. The van der Waals surface area contributed by atoms with Crippen LogP contribution in [0.15, 0.2) is 96.2 Å². The third-order valence-electron chi connectivity index (χ3n) is 11.4. The molecule has 6 rings (SSSR count). The highest BCUT2D eigenvalue weighted by atomic mass is 19.1. The molecule has 1 amide bonds. The van der Waals surface area contributed by atoms with Gasteiger partial charge in [-0.2, -0.15) is 0 Å². The van der Waals surface area contributed by atoms with E-state index in [1.807, 2.05) is 13.0 Å². The second-order valence-corrected chi connectivity index (χ2v) is 15.0. The predicted octanol–water partition coefficient (Wildman–Crippen LogP) is 8.84. The molecule has 0 aromatic heterocycles. The number of amides is 1. The first-order valence-corrected chi connectivity index (χ1v) is 20.5. The molecule has 2 aliphatic carbocycles. The minimum Gasteiger partial charge on any atom is -0.459 e. The molecule has 0 saturated heterocycles. The maximum atomic E-state index is 14.2. The lowest BCUT2D eigenvalue weighted by Gasteiger charge is -2.59. The molecule has 59 heavy (non-hydrogen) atoms. The van der Waals surface area contributed by atoms with Gasteiger partial charge in [-0.15, -0.1) is 6.58 Å². The van der Waals surface area contributed by atoms with E-state index in [1.165, 1.54) is 24.3 Å². The molecule has 316 valence electrons. The lowest BCUT2D eigenvalue weighted by atomic mass is 9.55. The molecule has 0 spiro atoms. The number of carbonyl (C=O) groups excluding carboxylic acids is 1. The molecule has 1 aliphatic heterocycles. The fraction of sp³-hybridized carbons (Fsp3) is 0.467. The smallest absolute Gasteiger partial charge is 0.410 e. The minimum absolute atomic E-state index is 0.00430. The van der Waals surface area contributed by atoms with Gasteiger partial charge in [-0.05, 0) is 98.9 Å². The minimum atomic E-state index is -1.54. The van der Waals surface area contributed by atoms with Crippen LogP contribution in [-0.2, 0) is 20.9 Å². The molecular formula is C45H54FN3O10. The van der Waals surface area contributed by atoms with Crippen LogP contribution in [0.2, 0.25) is 0 Å². The lowest BCUT2D eigenvalue weighted by molar-refractivity contribution is -0.384. The van der Waals surface area contributed by atoms with E-state index >= 15 is 0 Å². The number of unbranched alkanes of at least 4 members (excludes halogenated alkanes) is 2. The lowest BCUT2D eigenvalue weighted by Crippen LogP contribution is -2.70. The van der Waals surface area contributed by atoms with Crippen molar-refractivity contribution in [2.45, 2.75) is 83.1 Å². The first kappa shape index (κ1) is 43.3. The van der Waals surface area contributed by atoms with Gasteiger partial charge in [0, 0.05) is 43.7 Å². The third kappa shape index (κ3) is 9.61. The Balaban J connectivity index is 1.59. The monoisotopic (exact) mass is 815 g/mol. The van der Waals surface area contributed by atoms with Gasteiger partial charge >= 0.3 is 6.09 Å². The zero-order valence-electron chi connectivity index (χ0n) is 33.7. The SMILES string of the molecule is C=CCOC12Oc3ccc(Oc4cccc([N+](=O)[O-])c4)cc3C3C(CCCCO)C(CCCCO)C=C(C(=NOCC)CC1N(Cc1ccc(F)cc1)C(=O)OCC)C32. The van der Waals surface area contributed by atoms with Crippen molar-refractivity contribution in [2.24, 2.45) is 22.9 Å². The number of benzene rings is 3. The van der Waals surface area contributed by atoms with E-state index < -0.39 is 34.6 Å². The topological polar surface area (TPSA) is 162 Å². The number of halogens is 1. The van der Waals surface area contributed by atoms with Crippen LogP contribution in [0.1, 0.15) is 75.8 Å². The van der Waals surface area contributed by atoms with Gasteiger partial charge in [0.15, 0.2) is 0 Å². The zero-order chi connectivity index (χ0) is 41.9. The Morgan fingerprint density at radius 1 is 1.03 bits per heavy atom. The van der Waals surface area contributed by atoms with Crippen molar-refractivity contribution in [1.82, 2.24) is 4.90 Å². The number of allylic oxidation sites excluding steroid dienone is 1. The van der Waals surface area contributed by atoms with Crippen molar-refractivity contribution in [3.8, 4) is 17.2 Å². The van der Waals surface area contributed by atoms with Crippen LogP contribution in [0.25, 0.3) is 0 Å². The molecule has 0 radical (unpaired) electrons. The number of ether oxygens (including phenoxy) is 4. The summed E-state index contributed by atoms with van der Waals surface area (Å²) in [5.41, 5.74) is 2.85. The number of oxime groups is 1. The molecule has 1 saturated carbocycles. The summed E-state index contributed by atoms with van der Waals surface area (Å²) >= 11 is 0. The normalized spacial score (nSPS) is 23.6. The van der Waals surface area contributed by atoms with Gasteiger partial charge in [0.05, 0.1) is 35.8 Å². The van der Waals surface area contributed by atoms with Crippen LogP contribution in [0.4, 0.5) is 14.9 Å². The summed E-state index contributed by atoms with van der Waals surface area (Å²) in [6.45, 7) is 8.14. The molecule has 1 heterocycles. The highest BCUT2D eigenvalue weighted by molar-refractivity contribution is 6.03. The molecule has 14 heteroatoms. The van der Waals surface area contributed by atoms with Crippen molar-refractivity contribution >= 4 is 17.5 Å². The maximum absolute atomic E-state index is 14.2. The van der Waals surface area contributed by atoms with E-state index in [-0.39, 0.29) is 62.8 Å². The number of hydrogen-bond donors (Lipinski definition) is 2. The molecule has 2 N–H and O–H groups in total. The van der Waals surface area contributed by atoms with E-state index in [2.05, 4.69) is 12.7 Å². The van der Waals surface area contributed by atoms with Crippen LogP contribution >= 0.6 is 0 Å². The predicted molar refractivity (Wildman–Crippen MR) is 219 cm³/mol. The van der Waals surface area contributed by atoms with Gasteiger partial charge < -0.3 is 34.0 Å². The third-order valence-corrected chi connectivity index (χ3v) is 11.4. The number of nitro benzene ring substituents is 1. The summed E-state index contributed by atoms with van der Waals surface area (Å²) < 4.78 is 40.3. The number of rotatable bonds is 20. The Labute approximate surface area is 344 Å². The van der Waals surface area contributed by atoms with Crippen LogP contribution in [0, 0.1) is 33.7 Å². The largest absolute Gasteiger partial charge is 0.459 e. The average Bonchev–Trinajstić information content (AvgIpc) is 3.23. The maximum Gasteiger partial charge on any atom is 0.410 e. The number of aliphatic hydroxyl groups is 2. The fourth-order valence-corrected chi connectivity index (χ4v) is 8.95. The average molecular weight is 816 g/mol. The number of carbonyl (C=O) groups is 1. The first-order chi connectivity index (χ1) is 28.7. The van der Waals surface area contributed by atoms with Gasteiger partial charge in [0.2, 0.25) is 5.79 Å². The molecule has 3 aromatic carbocycles. The Kier molecular flexibility index (Phi) is 14.7. The quantitative estimate of drug-likeness (QED) is 0.0488. The molecule has 3 aromatic rings. The Hall–Kier alpha value is -5.31. The number of hydrogen-bond acceptors (Lipinski definition) is 11. The molecule has 13 nitrogen and oxygen atoms in total. The number of non-ortho nitro benzene ring substituents is 1. The van der Waals surface area contributed by atoms with Crippen LogP contribution < -0.4 is 9.47 Å².